The molecule has 0 saturated carbocycles. The zero-order valence-electron chi connectivity index (χ0n) is 9.57. The van der Waals surface area contributed by atoms with Gasteiger partial charge in [0, 0.05) is 23.3 Å². The molecule has 1 amide bonds. The maximum absolute atomic E-state index is 12.0. The Morgan fingerprint density at radius 2 is 2.12 bits per heavy atom. The molecule has 17 heavy (non-hydrogen) atoms. The number of halogens is 1. The monoisotopic (exact) mass is 293 g/mol. The van der Waals surface area contributed by atoms with E-state index in [4.69, 9.17) is 0 Å². The lowest BCUT2D eigenvalue weighted by molar-refractivity contribution is 0.102. The Hall–Kier alpha value is -1.62. The van der Waals surface area contributed by atoms with Crippen LogP contribution in [0.4, 0.5) is 5.82 Å². The fourth-order valence-corrected chi connectivity index (χ4v) is 1.92. The Balaban J connectivity index is 2.20. The summed E-state index contributed by atoms with van der Waals surface area (Å²) in [5.41, 5.74) is 1.59. The molecule has 88 valence electrons. The first-order chi connectivity index (χ1) is 8.08. The molecule has 0 aliphatic carbocycles. The van der Waals surface area contributed by atoms with Crippen LogP contribution in [-0.2, 0) is 7.05 Å². The Labute approximate surface area is 108 Å². The minimum Gasteiger partial charge on any atom is -0.305 e. The van der Waals surface area contributed by atoms with Crippen molar-refractivity contribution >= 4 is 27.7 Å². The fraction of sp³-hybridized carbons (Fsp3) is 0.167. The number of carbonyl (C=O) groups excluding carboxylic acids is 1. The predicted octanol–water partition coefficient (Wildman–Crippen LogP) is 2.74. The molecule has 1 heterocycles. The van der Waals surface area contributed by atoms with E-state index in [0.717, 1.165) is 10.2 Å². The van der Waals surface area contributed by atoms with Gasteiger partial charge in [0.15, 0.2) is 5.82 Å². The van der Waals surface area contributed by atoms with Crippen molar-refractivity contribution < 1.29 is 4.79 Å². The van der Waals surface area contributed by atoms with Gasteiger partial charge in [-0.15, -0.1) is 0 Å². The minimum absolute atomic E-state index is 0.171. The largest absolute Gasteiger partial charge is 0.305 e. The summed E-state index contributed by atoms with van der Waals surface area (Å²) >= 11 is 3.34. The highest BCUT2D eigenvalue weighted by Gasteiger charge is 2.11. The van der Waals surface area contributed by atoms with Gasteiger partial charge in [-0.2, -0.15) is 5.10 Å². The van der Waals surface area contributed by atoms with Crippen LogP contribution in [0.2, 0.25) is 0 Å². The van der Waals surface area contributed by atoms with E-state index >= 15 is 0 Å². The summed E-state index contributed by atoms with van der Waals surface area (Å²) in [5.74, 6) is 0.390. The van der Waals surface area contributed by atoms with Crippen LogP contribution in [0.3, 0.4) is 0 Å². The Morgan fingerprint density at radius 3 is 2.71 bits per heavy atom. The second-order valence-corrected chi connectivity index (χ2v) is 4.58. The smallest absolute Gasteiger partial charge is 0.258 e. The third kappa shape index (κ3) is 2.55. The number of nitrogens with one attached hydrogen (secondary N) is 1. The lowest BCUT2D eigenvalue weighted by Crippen LogP contribution is -2.13. The van der Waals surface area contributed by atoms with Crippen molar-refractivity contribution in [3.63, 3.8) is 0 Å². The van der Waals surface area contributed by atoms with E-state index in [1.54, 1.807) is 10.7 Å². The SMILES string of the molecule is Cc1cc(NC(=O)c2ccccc2Br)nn1C. The first-order valence-electron chi connectivity index (χ1n) is 5.14. The number of rotatable bonds is 2. The second-order valence-electron chi connectivity index (χ2n) is 3.73. The highest BCUT2D eigenvalue weighted by molar-refractivity contribution is 9.10. The van der Waals surface area contributed by atoms with E-state index in [2.05, 4.69) is 26.3 Å². The van der Waals surface area contributed by atoms with E-state index in [9.17, 15) is 4.79 Å². The molecule has 0 bridgehead atoms. The number of anilines is 1. The molecule has 0 aliphatic heterocycles. The van der Waals surface area contributed by atoms with Crippen molar-refractivity contribution in [2.75, 3.05) is 5.32 Å². The molecule has 0 unspecified atom stereocenters. The molecule has 1 aromatic heterocycles. The highest BCUT2D eigenvalue weighted by atomic mass is 79.9. The number of amides is 1. The van der Waals surface area contributed by atoms with Gasteiger partial charge in [0.05, 0.1) is 5.56 Å². The van der Waals surface area contributed by atoms with Crippen molar-refractivity contribution in [1.82, 2.24) is 9.78 Å². The molecular weight excluding hydrogens is 282 g/mol. The molecule has 1 N–H and O–H groups in total. The van der Waals surface area contributed by atoms with Gasteiger partial charge >= 0.3 is 0 Å². The van der Waals surface area contributed by atoms with Gasteiger partial charge in [-0.05, 0) is 35.0 Å². The summed E-state index contributed by atoms with van der Waals surface area (Å²) in [6.45, 7) is 1.93. The van der Waals surface area contributed by atoms with Gasteiger partial charge in [-0.1, -0.05) is 12.1 Å². The Kier molecular flexibility index (Phi) is 3.28. The molecule has 5 heteroatoms. The van der Waals surface area contributed by atoms with Crippen molar-refractivity contribution in [2.24, 2.45) is 7.05 Å². The first kappa shape index (κ1) is 11.9. The number of benzene rings is 1. The Bertz CT molecular complexity index is 543. The first-order valence-corrected chi connectivity index (χ1v) is 5.94. The van der Waals surface area contributed by atoms with Gasteiger partial charge in [0.1, 0.15) is 0 Å². The van der Waals surface area contributed by atoms with Crippen molar-refractivity contribution in [3.05, 3.63) is 46.1 Å². The number of nitrogens with zero attached hydrogens (tertiary/aromatic N) is 2. The van der Waals surface area contributed by atoms with Crippen LogP contribution < -0.4 is 5.32 Å². The van der Waals surface area contributed by atoms with Gasteiger partial charge in [0.2, 0.25) is 0 Å². The van der Waals surface area contributed by atoms with Crippen LogP contribution in [-0.4, -0.2) is 15.7 Å². The van der Waals surface area contributed by atoms with Crippen LogP contribution in [0.25, 0.3) is 0 Å². The van der Waals surface area contributed by atoms with E-state index in [1.165, 1.54) is 0 Å². The molecule has 1 aromatic carbocycles. The molecule has 4 nitrogen and oxygen atoms in total. The van der Waals surface area contributed by atoms with Gasteiger partial charge in [-0.25, -0.2) is 0 Å². The third-order valence-corrected chi connectivity index (χ3v) is 3.17. The van der Waals surface area contributed by atoms with Crippen LogP contribution in [0.15, 0.2) is 34.8 Å². The van der Waals surface area contributed by atoms with E-state index in [1.807, 2.05) is 38.2 Å². The van der Waals surface area contributed by atoms with Gasteiger partial charge in [0.25, 0.3) is 5.91 Å². The average molecular weight is 294 g/mol. The maximum Gasteiger partial charge on any atom is 0.258 e. The van der Waals surface area contributed by atoms with Gasteiger partial charge in [-0.3, -0.25) is 9.48 Å². The number of aromatic nitrogens is 2. The van der Waals surface area contributed by atoms with Crippen LogP contribution in [0, 0.1) is 6.92 Å². The van der Waals surface area contributed by atoms with E-state index in [0.29, 0.717) is 11.4 Å². The molecule has 0 aliphatic rings. The average Bonchev–Trinajstić information content (AvgIpc) is 2.58. The quantitative estimate of drug-likeness (QED) is 0.925. The summed E-state index contributed by atoms with van der Waals surface area (Å²) in [5, 5.41) is 6.93. The zero-order chi connectivity index (χ0) is 12.4. The van der Waals surface area contributed by atoms with Crippen LogP contribution in [0.5, 0.6) is 0 Å². The normalized spacial score (nSPS) is 10.3. The highest BCUT2D eigenvalue weighted by Crippen LogP contribution is 2.17. The summed E-state index contributed by atoms with van der Waals surface area (Å²) in [4.78, 5) is 12.0. The second kappa shape index (κ2) is 4.71. The molecule has 0 saturated heterocycles. The number of aryl methyl sites for hydroxylation is 2. The standard InChI is InChI=1S/C12H12BrN3O/c1-8-7-11(15-16(8)2)14-12(17)9-5-3-4-6-10(9)13/h3-7H,1-2H3,(H,14,15,17). The molecule has 2 aromatic rings. The van der Waals surface area contributed by atoms with E-state index in [-0.39, 0.29) is 5.91 Å². The maximum atomic E-state index is 12.0. The lowest BCUT2D eigenvalue weighted by atomic mass is 10.2. The number of carbonyl (C=O) groups is 1. The molecule has 0 radical (unpaired) electrons. The minimum atomic E-state index is -0.171. The van der Waals surface area contributed by atoms with E-state index < -0.39 is 0 Å². The topological polar surface area (TPSA) is 46.9 Å². The summed E-state index contributed by atoms with van der Waals surface area (Å²) < 4.78 is 2.49. The molecule has 0 fully saturated rings. The summed E-state index contributed by atoms with van der Waals surface area (Å²) in [7, 11) is 1.84. The summed E-state index contributed by atoms with van der Waals surface area (Å²) in [6.07, 6.45) is 0. The third-order valence-electron chi connectivity index (χ3n) is 2.47. The fourth-order valence-electron chi connectivity index (χ4n) is 1.45. The van der Waals surface area contributed by atoms with Crippen molar-refractivity contribution in [2.45, 2.75) is 6.92 Å². The molecule has 0 spiro atoms. The van der Waals surface area contributed by atoms with Crippen LogP contribution in [0.1, 0.15) is 16.1 Å². The van der Waals surface area contributed by atoms with Gasteiger partial charge < -0.3 is 5.32 Å². The zero-order valence-corrected chi connectivity index (χ0v) is 11.2. The number of hydrogen-bond donors (Lipinski definition) is 1. The molecular formula is C12H12BrN3O. The Morgan fingerprint density at radius 1 is 1.41 bits per heavy atom. The van der Waals surface area contributed by atoms with Crippen molar-refractivity contribution in [3.8, 4) is 0 Å². The van der Waals surface area contributed by atoms with Crippen molar-refractivity contribution in [1.29, 1.82) is 0 Å². The van der Waals surface area contributed by atoms with Crippen LogP contribution >= 0.6 is 15.9 Å². The predicted molar refractivity (Wildman–Crippen MR) is 70.0 cm³/mol. The lowest BCUT2D eigenvalue weighted by Gasteiger charge is -2.03. The molecule has 2 rings (SSSR count). The summed E-state index contributed by atoms with van der Waals surface area (Å²) in [6, 6.07) is 9.11. The molecule has 0 atom stereocenters. The number of hydrogen-bond acceptors (Lipinski definition) is 2.